The van der Waals surface area contributed by atoms with Gasteiger partial charge in [-0.2, -0.15) is 0 Å². The highest BCUT2D eigenvalue weighted by Crippen LogP contribution is 2.31. The molecule has 0 bridgehead atoms. The van der Waals surface area contributed by atoms with Crippen molar-refractivity contribution in [3.63, 3.8) is 0 Å². The van der Waals surface area contributed by atoms with Crippen LogP contribution in [-0.4, -0.2) is 34.3 Å². The average molecular weight is 458 g/mol. The maximum absolute atomic E-state index is 13.1. The summed E-state index contributed by atoms with van der Waals surface area (Å²) < 4.78 is 13.1. The zero-order valence-corrected chi connectivity index (χ0v) is 18.3. The Morgan fingerprint density at radius 3 is 2.19 bits per heavy atom. The highest BCUT2D eigenvalue weighted by atomic mass is 32.2. The van der Waals surface area contributed by atoms with E-state index in [-0.39, 0.29) is 29.0 Å². The van der Waals surface area contributed by atoms with E-state index in [9.17, 15) is 18.8 Å². The van der Waals surface area contributed by atoms with Crippen molar-refractivity contribution in [1.29, 1.82) is 0 Å². The molecular formula is C23H20FNO4S2. The molecule has 0 aliphatic heterocycles. The number of carboxylic acid groups (broad SMARTS) is 1. The Balaban J connectivity index is 1.77. The van der Waals surface area contributed by atoms with E-state index in [1.807, 2.05) is 6.92 Å². The van der Waals surface area contributed by atoms with E-state index in [0.717, 1.165) is 34.2 Å². The van der Waals surface area contributed by atoms with Crippen LogP contribution >= 0.6 is 23.1 Å². The summed E-state index contributed by atoms with van der Waals surface area (Å²) in [6.07, 6.45) is 0.720. The first kappa shape index (κ1) is 22.7. The van der Waals surface area contributed by atoms with Gasteiger partial charge in [0.25, 0.3) is 0 Å². The van der Waals surface area contributed by atoms with E-state index in [2.05, 4.69) is 5.32 Å². The SMILES string of the molecule is CCc1cc(C(=O)c2ccc(-c3ccc(F)cc3)cc2)c(NC(=O)CSCC(=O)O)s1. The molecule has 0 saturated carbocycles. The van der Waals surface area contributed by atoms with E-state index in [4.69, 9.17) is 5.11 Å². The van der Waals surface area contributed by atoms with Crippen molar-refractivity contribution in [2.45, 2.75) is 13.3 Å². The zero-order chi connectivity index (χ0) is 22.4. The van der Waals surface area contributed by atoms with Gasteiger partial charge in [0.05, 0.1) is 17.1 Å². The molecule has 1 heterocycles. The van der Waals surface area contributed by atoms with Crippen LogP contribution in [0.1, 0.15) is 27.7 Å². The first-order chi connectivity index (χ1) is 14.9. The second kappa shape index (κ2) is 10.4. The number of hydrogen-bond donors (Lipinski definition) is 2. The van der Waals surface area contributed by atoms with Crippen LogP contribution in [0.25, 0.3) is 11.1 Å². The van der Waals surface area contributed by atoms with Crippen LogP contribution in [0.5, 0.6) is 0 Å². The highest BCUT2D eigenvalue weighted by Gasteiger charge is 2.19. The van der Waals surface area contributed by atoms with Crippen LogP contribution in [0.15, 0.2) is 54.6 Å². The number of nitrogens with one attached hydrogen (secondary N) is 1. The number of thioether (sulfide) groups is 1. The minimum atomic E-state index is -0.984. The number of amides is 1. The molecule has 0 unspecified atom stereocenters. The Hall–Kier alpha value is -2.97. The molecule has 0 fully saturated rings. The fraction of sp³-hybridized carbons (Fsp3) is 0.174. The molecule has 0 aliphatic rings. The number of ketones is 1. The second-order valence-corrected chi connectivity index (χ2v) is 8.78. The maximum Gasteiger partial charge on any atom is 0.313 e. The number of carboxylic acids is 1. The van der Waals surface area contributed by atoms with Gasteiger partial charge in [-0.3, -0.25) is 14.4 Å². The maximum atomic E-state index is 13.1. The number of anilines is 1. The van der Waals surface area contributed by atoms with Crippen molar-refractivity contribution in [2.75, 3.05) is 16.8 Å². The number of benzene rings is 2. The van der Waals surface area contributed by atoms with E-state index in [0.29, 0.717) is 16.1 Å². The van der Waals surface area contributed by atoms with Crippen LogP contribution in [0.2, 0.25) is 0 Å². The summed E-state index contributed by atoms with van der Waals surface area (Å²) in [5, 5.41) is 11.9. The summed E-state index contributed by atoms with van der Waals surface area (Å²) in [6.45, 7) is 1.96. The molecular weight excluding hydrogens is 437 g/mol. The molecule has 5 nitrogen and oxygen atoms in total. The summed E-state index contributed by atoms with van der Waals surface area (Å²) in [4.78, 5) is 36.8. The molecule has 0 aliphatic carbocycles. The van der Waals surface area contributed by atoms with Crippen LogP contribution in [0.3, 0.4) is 0 Å². The minimum absolute atomic E-state index is 0.00828. The normalized spacial score (nSPS) is 10.6. The van der Waals surface area contributed by atoms with Crippen molar-refractivity contribution in [3.05, 3.63) is 76.4 Å². The Labute approximate surface area is 187 Å². The largest absolute Gasteiger partial charge is 0.481 e. The zero-order valence-electron chi connectivity index (χ0n) is 16.7. The predicted molar refractivity (Wildman–Crippen MR) is 123 cm³/mol. The number of rotatable bonds is 9. The number of aryl methyl sites for hydroxylation is 1. The standard InChI is InChI=1S/C23H20FNO4S2/c1-2-18-11-19(23(31-18)25-20(26)12-30-13-21(27)28)22(29)16-5-3-14(4-6-16)15-7-9-17(24)10-8-15/h3-11H,2,12-13H2,1H3,(H,25,26)(H,27,28). The van der Waals surface area contributed by atoms with Crippen LogP contribution < -0.4 is 5.32 Å². The average Bonchev–Trinajstić information content (AvgIpc) is 3.16. The third-order valence-electron chi connectivity index (χ3n) is 4.41. The molecule has 0 atom stereocenters. The third-order valence-corrected chi connectivity index (χ3v) is 6.52. The second-order valence-electron chi connectivity index (χ2n) is 6.66. The number of hydrogen-bond acceptors (Lipinski definition) is 5. The first-order valence-corrected chi connectivity index (χ1v) is 11.5. The number of aliphatic carboxylic acids is 1. The summed E-state index contributed by atoms with van der Waals surface area (Å²) in [5.74, 6) is -2.03. The van der Waals surface area contributed by atoms with Crippen molar-refractivity contribution in [1.82, 2.24) is 0 Å². The minimum Gasteiger partial charge on any atom is -0.481 e. The molecule has 160 valence electrons. The molecule has 0 saturated heterocycles. The van der Waals surface area contributed by atoms with Gasteiger partial charge in [-0.1, -0.05) is 43.3 Å². The Kier molecular flexibility index (Phi) is 7.59. The Morgan fingerprint density at radius 2 is 1.61 bits per heavy atom. The molecule has 1 amide bonds. The number of carbonyl (C=O) groups is 3. The van der Waals surface area contributed by atoms with Crippen molar-refractivity contribution in [2.24, 2.45) is 0 Å². The highest BCUT2D eigenvalue weighted by molar-refractivity contribution is 8.00. The van der Waals surface area contributed by atoms with Gasteiger partial charge in [-0.15, -0.1) is 23.1 Å². The van der Waals surface area contributed by atoms with E-state index in [1.165, 1.54) is 23.5 Å². The molecule has 8 heteroatoms. The topological polar surface area (TPSA) is 83.5 Å². The summed E-state index contributed by atoms with van der Waals surface area (Å²) in [6, 6.07) is 14.9. The molecule has 3 aromatic rings. The molecule has 31 heavy (non-hydrogen) atoms. The van der Waals surface area contributed by atoms with Gasteiger partial charge in [0.1, 0.15) is 10.8 Å². The molecule has 2 aromatic carbocycles. The smallest absolute Gasteiger partial charge is 0.313 e. The van der Waals surface area contributed by atoms with Gasteiger partial charge < -0.3 is 10.4 Å². The van der Waals surface area contributed by atoms with Gasteiger partial charge in [0.15, 0.2) is 5.78 Å². The molecule has 3 rings (SSSR count). The van der Waals surface area contributed by atoms with E-state index < -0.39 is 5.97 Å². The summed E-state index contributed by atoms with van der Waals surface area (Å²) in [5.41, 5.74) is 2.59. The van der Waals surface area contributed by atoms with Crippen molar-refractivity contribution >= 4 is 45.8 Å². The number of halogens is 1. The molecule has 0 spiro atoms. The van der Waals surface area contributed by atoms with Gasteiger partial charge >= 0.3 is 5.97 Å². The lowest BCUT2D eigenvalue weighted by Gasteiger charge is -2.07. The predicted octanol–water partition coefficient (Wildman–Crippen LogP) is 5.10. The van der Waals surface area contributed by atoms with Gasteiger partial charge in [-0.25, -0.2) is 4.39 Å². The summed E-state index contributed by atoms with van der Waals surface area (Å²) >= 11 is 2.33. The lowest BCUT2D eigenvalue weighted by molar-refractivity contribution is -0.133. The van der Waals surface area contributed by atoms with Crippen molar-refractivity contribution in [3.8, 4) is 11.1 Å². The lowest BCUT2D eigenvalue weighted by Crippen LogP contribution is -2.16. The molecule has 1 aromatic heterocycles. The molecule has 0 radical (unpaired) electrons. The number of thiophene rings is 1. The van der Waals surface area contributed by atoms with Crippen molar-refractivity contribution < 1.29 is 23.9 Å². The van der Waals surface area contributed by atoms with Gasteiger partial charge in [0, 0.05) is 10.4 Å². The third kappa shape index (κ3) is 6.02. The Morgan fingerprint density at radius 1 is 1.00 bits per heavy atom. The fourth-order valence-electron chi connectivity index (χ4n) is 2.88. The van der Waals surface area contributed by atoms with Crippen LogP contribution in [0, 0.1) is 5.82 Å². The quantitative estimate of drug-likeness (QED) is 0.437. The summed E-state index contributed by atoms with van der Waals surface area (Å²) in [7, 11) is 0. The van der Waals surface area contributed by atoms with E-state index in [1.54, 1.807) is 42.5 Å². The first-order valence-electron chi connectivity index (χ1n) is 9.50. The molecule has 2 N–H and O–H groups in total. The van der Waals surface area contributed by atoms with Crippen LogP contribution in [-0.2, 0) is 16.0 Å². The Bertz CT molecular complexity index is 1090. The monoisotopic (exact) mass is 457 g/mol. The van der Waals surface area contributed by atoms with Gasteiger partial charge in [0.2, 0.25) is 5.91 Å². The van der Waals surface area contributed by atoms with E-state index >= 15 is 0 Å². The van der Waals surface area contributed by atoms with Gasteiger partial charge in [-0.05, 0) is 35.7 Å². The number of carbonyl (C=O) groups excluding carboxylic acids is 2. The van der Waals surface area contributed by atoms with Crippen LogP contribution in [0.4, 0.5) is 9.39 Å². The lowest BCUT2D eigenvalue weighted by atomic mass is 10.00. The fourth-order valence-corrected chi connectivity index (χ4v) is 4.43.